The third-order valence-electron chi connectivity index (χ3n) is 10.2. The molecule has 7 atom stereocenters. The minimum absolute atomic E-state index is 0.0215. The second-order valence-electron chi connectivity index (χ2n) is 13.0. The van der Waals surface area contributed by atoms with Crippen molar-refractivity contribution in [3.05, 3.63) is 52.1 Å². The van der Waals surface area contributed by atoms with Gasteiger partial charge in [-0.15, -0.1) is 18.3 Å². The van der Waals surface area contributed by atoms with E-state index in [0.29, 0.717) is 58.2 Å². The first-order valence-corrected chi connectivity index (χ1v) is 17.2. The molecular weight excluding hydrogens is 652 g/mol. The van der Waals surface area contributed by atoms with Crippen molar-refractivity contribution < 1.29 is 43.2 Å². The minimum Gasteiger partial charge on any atom is -0.504 e. The Labute approximate surface area is 288 Å². The molecule has 0 spiro atoms. The van der Waals surface area contributed by atoms with Gasteiger partial charge in [0, 0.05) is 60.5 Å². The molecule has 2 aromatic carbocycles. The van der Waals surface area contributed by atoms with Gasteiger partial charge in [-0.3, -0.25) is 19.4 Å². The van der Waals surface area contributed by atoms with Gasteiger partial charge in [0.15, 0.2) is 23.0 Å². The molecule has 2 aromatic rings. The molecule has 3 unspecified atom stereocenters. The molecule has 4 bridgehead atoms. The van der Waals surface area contributed by atoms with Gasteiger partial charge < -0.3 is 34.1 Å². The first-order valence-electron chi connectivity index (χ1n) is 16.1. The standard InChI is InChI=1S/C35H38N4O9S/c1-7-8-38-21-10-19-9-15(2)30(44-6)29(42)24(19)27(38)28-34-26-25(33-32(46-14-47-33)16(3)31(26)48-18(5)41)23(39(28)22(21)11-36)12-45-35(43)20(13-49-34)37-17(4)40/h7,9,20-23,27-28,34,42H,1,8,10,12-14H2,2-6H3,(H,37,40)/t20?,21?,22-,23-,27?,28+,34+/m0/s1. The van der Waals surface area contributed by atoms with E-state index in [-0.39, 0.29) is 36.9 Å². The summed E-state index contributed by atoms with van der Waals surface area (Å²) in [4.78, 5) is 42.7. The first kappa shape index (κ1) is 33.1. The molecule has 5 heterocycles. The zero-order chi connectivity index (χ0) is 34.9. The highest BCUT2D eigenvalue weighted by atomic mass is 32.2. The lowest BCUT2D eigenvalue weighted by Crippen LogP contribution is -2.70. The third kappa shape index (κ3) is 5.01. The van der Waals surface area contributed by atoms with Gasteiger partial charge in [-0.1, -0.05) is 12.1 Å². The number of phenols is 1. The number of phenolic OH excluding ortho intramolecular Hbond substituents is 1. The van der Waals surface area contributed by atoms with Crippen LogP contribution in [0, 0.1) is 25.2 Å². The predicted octanol–water partition coefficient (Wildman–Crippen LogP) is 3.29. The highest BCUT2D eigenvalue weighted by Crippen LogP contribution is 2.64. The fraction of sp³-hybridized carbons (Fsp3) is 0.486. The van der Waals surface area contributed by atoms with Gasteiger partial charge in [0.05, 0.1) is 30.5 Å². The van der Waals surface area contributed by atoms with Crippen molar-refractivity contribution in [2.75, 3.05) is 32.8 Å². The summed E-state index contributed by atoms with van der Waals surface area (Å²) in [6.45, 7) is 10.5. The molecule has 0 radical (unpaired) electrons. The number of aromatic hydroxyl groups is 1. The number of carbonyl (C=O) groups is 3. The van der Waals surface area contributed by atoms with E-state index >= 15 is 0 Å². The number of esters is 2. The van der Waals surface area contributed by atoms with Crippen LogP contribution < -0.4 is 24.3 Å². The van der Waals surface area contributed by atoms with Gasteiger partial charge in [-0.25, -0.2) is 4.79 Å². The van der Waals surface area contributed by atoms with E-state index in [1.165, 1.54) is 32.7 Å². The van der Waals surface area contributed by atoms with Gasteiger partial charge in [-0.2, -0.15) is 5.26 Å². The lowest BCUT2D eigenvalue weighted by Gasteiger charge is -2.62. The number of nitriles is 1. The highest BCUT2D eigenvalue weighted by Gasteiger charge is 2.61. The van der Waals surface area contributed by atoms with E-state index in [0.717, 1.165) is 11.1 Å². The Morgan fingerprint density at radius 3 is 2.61 bits per heavy atom. The maximum Gasteiger partial charge on any atom is 0.329 e. The van der Waals surface area contributed by atoms with Crippen molar-refractivity contribution in [3.8, 4) is 34.8 Å². The second-order valence-corrected chi connectivity index (χ2v) is 14.1. The van der Waals surface area contributed by atoms with Crippen molar-refractivity contribution in [2.24, 2.45) is 0 Å². The summed E-state index contributed by atoms with van der Waals surface area (Å²) < 4.78 is 29.7. The van der Waals surface area contributed by atoms with Crippen LogP contribution in [0.2, 0.25) is 0 Å². The predicted molar refractivity (Wildman–Crippen MR) is 177 cm³/mol. The number of amides is 1. The van der Waals surface area contributed by atoms with E-state index in [1.807, 2.05) is 13.0 Å². The zero-order valence-electron chi connectivity index (χ0n) is 27.9. The number of piperazine rings is 1. The number of rotatable bonds is 5. The molecule has 5 aliphatic rings. The van der Waals surface area contributed by atoms with Gasteiger partial charge in [-0.05, 0) is 31.4 Å². The molecule has 2 fully saturated rings. The quantitative estimate of drug-likeness (QED) is 0.268. The van der Waals surface area contributed by atoms with Gasteiger partial charge in [0.1, 0.15) is 24.4 Å². The molecule has 49 heavy (non-hydrogen) atoms. The molecule has 0 aromatic heterocycles. The van der Waals surface area contributed by atoms with Crippen LogP contribution in [-0.4, -0.2) is 89.7 Å². The summed E-state index contributed by atoms with van der Waals surface area (Å²) in [5, 5.41) is 25.1. The summed E-state index contributed by atoms with van der Waals surface area (Å²) in [6.07, 6.45) is 2.25. The molecule has 5 aliphatic heterocycles. The smallest absolute Gasteiger partial charge is 0.329 e. The first-order chi connectivity index (χ1) is 23.5. The second kappa shape index (κ2) is 12.5. The number of thioether (sulfide) groups is 1. The van der Waals surface area contributed by atoms with E-state index in [1.54, 1.807) is 13.0 Å². The van der Waals surface area contributed by atoms with Crippen LogP contribution in [0.15, 0.2) is 18.7 Å². The Balaban J connectivity index is 1.56. The number of fused-ring (bicyclic) bond motifs is 9. The summed E-state index contributed by atoms with van der Waals surface area (Å²) in [5.74, 6) is 0.149. The number of ether oxygens (including phenoxy) is 5. The number of nitrogens with one attached hydrogen (secondary N) is 1. The van der Waals surface area contributed by atoms with E-state index in [9.17, 15) is 24.8 Å². The maximum atomic E-state index is 13.5. The summed E-state index contributed by atoms with van der Waals surface area (Å²) in [6, 6.07) is 0.807. The van der Waals surface area contributed by atoms with Crippen LogP contribution >= 0.6 is 11.8 Å². The fourth-order valence-electron chi connectivity index (χ4n) is 8.56. The monoisotopic (exact) mass is 690 g/mol. The van der Waals surface area contributed by atoms with Crippen LogP contribution in [0.3, 0.4) is 0 Å². The van der Waals surface area contributed by atoms with Crippen molar-refractivity contribution >= 4 is 29.6 Å². The number of aryl methyl sites for hydroxylation is 1. The SMILES string of the molecule is C=CCN1C2c3c(cc(C)c(OC)c3O)CC1[C@H](C#N)N1[C@H]2[C@@H]2SCC(NC(C)=O)C(=O)OC[C@H]1c1c3c(c(C)c(OC(C)=O)c12)OCO3. The van der Waals surface area contributed by atoms with E-state index in [4.69, 9.17) is 23.7 Å². The van der Waals surface area contributed by atoms with Crippen LogP contribution in [0.5, 0.6) is 28.7 Å². The number of methoxy groups -OCH3 is 1. The number of cyclic esters (lactones) is 1. The molecule has 2 saturated heterocycles. The van der Waals surface area contributed by atoms with Crippen LogP contribution in [-0.2, 0) is 25.5 Å². The molecule has 258 valence electrons. The number of hydrogen-bond donors (Lipinski definition) is 2. The Hall–Kier alpha value is -4.45. The normalized spacial score (nSPS) is 28.2. The molecule has 14 heteroatoms. The largest absolute Gasteiger partial charge is 0.504 e. The number of nitrogens with zero attached hydrogens (tertiary/aromatic N) is 3. The van der Waals surface area contributed by atoms with E-state index in [2.05, 4.69) is 27.8 Å². The fourth-order valence-corrected chi connectivity index (χ4v) is 10.1. The van der Waals surface area contributed by atoms with Crippen molar-refractivity contribution in [1.82, 2.24) is 15.1 Å². The number of carbonyl (C=O) groups excluding carboxylic acids is 3. The van der Waals surface area contributed by atoms with Crippen LogP contribution in [0.25, 0.3) is 0 Å². The molecular formula is C35H38N4O9S. The highest BCUT2D eigenvalue weighted by molar-refractivity contribution is 7.99. The lowest BCUT2D eigenvalue weighted by atomic mass is 9.71. The van der Waals surface area contributed by atoms with Crippen molar-refractivity contribution in [3.63, 3.8) is 0 Å². The molecule has 7 rings (SSSR count). The molecule has 0 saturated carbocycles. The van der Waals surface area contributed by atoms with Crippen molar-refractivity contribution in [2.45, 2.75) is 75.6 Å². The number of benzene rings is 2. The zero-order valence-corrected chi connectivity index (χ0v) is 28.7. The average molecular weight is 691 g/mol. The molecule has 0 aliphatic carbocycles. The Morgan fingerprint density at radius 2 is 1.94 bits per heavy atom. The summed E-state index contributed by atoms with van der Waals surface area (Å²) >= 11 is 1.39. The Bertz CT molecular complexity index is 1830. The number of hydrogen-bond acceptors (Lipinski definition) is 13. The van der Waals surface area contributed by atoms with Gasteiger partial charge in [0.25, 0.3) is 0 Å². The third-order valence-corrected chi connectivity index (χ3v) is 11.6. The average Bonchev–Trinajstić information content (AvgIpc) is 3.54. The lowest BCUT2D eigenvalue weighted by molar-refractivity contribution is -0.152. The molecule has 2 N–H and O–H groups in total. The Morgan fingerprint density at radius 1 is 1.18 bits per heavy atom. The van der Waals surface area contributed by atoms with Crippen LogP contribution in [0.1, 0.15) is 64.6 Å². The van der Waals surface area contributed by atoms with Crippen LogP contribution in [0.4, 0.5) is 0 Å². The van der Waals surface area contributed by atoms with Crippen molar-refractivity contribution in [1.29, 1.82) is 5.26 Å². The molecule has 13 nitrogen and oxygen atoms in total. The Kier molecular flexibility index (Phi) is 8.41. The minimum atomic E-state index is -0.965. The maximum absolute atomic E-state index is 13.5. The van der Waals surface area contributed by atoms with Gasteiger partial charge >= 0.3 is 11.9 Å². The van der Waals surface area contributed by atoms with E-state index < -0.39 is 47.4 Å². The van der Waals surface area contributed by atoms with Gasteiger partial charge in [0.2, 0.25) is 12.7 Å². The molecule has 1 amide bonds. The topological polar surface area (TPSA) is 160 Å². The summed E-state index contributed by atoms with van der Waals surface area (Å²) in [5.41, 5.74) is 4.22. The summed E-state index contributed by atoms with van der Waals surface area (Å²) in [7, 11) is 1.52.